The Bertz CT molecular complexity index is 624. The smallest absolute Gasteiger partial charge is 0.169 e. The third-order valence-electron chi connectivity index (χ3n) is 3.45. The summed E-state index contributed by atoms with van der Waals surface area (Å²) >= 11 is 0. The van der Waals surface area contributed by atoms with Crippen LogP contribution >= 0.6 is 0 Å². The van der Waals surface area contributed by atoms with E-state index in [1.165, 1.54) is 0 Å². The number of hydrogen-bond acceptors (Lipinski definition) is 3. The van der Waals surface area contributed by atoms with Gasteiger partial charge >= 0.3 is 0 Å². The first-order valence-electron chi connectivity index (χ1n) is 6.33. The number of nitrogens with zero attached hydrogens (tertiary/aromatic N) is 2. The highest BCUT2D eigenvalue weighted by Gasteiger charge is 2.30. The predicted molar refractivity (Wildman–Crippen MR) is 68.0 cm³/mol. The molecule has 94 valence electrons. The highest BCUT2D eigenvalue weighted by molar-refractivity contribution is 6.03. The first-order valence-corrected chi connectivity index (χ1v) is 6.33. The first kappa shape index (κ1) is 11.3. The van der Waals surface area contributed by atoms with Gasteiger partial charge in [0.05, 0.1) is 23.0 Å². The number of pyridine rings is 1. The summed E-state index contributed by atoms with van der Waals surface area (Å²) in [7, 11) is 0. The van der Waals surface area contributed by atoms with Gasteiger partial charge in [-0.05, 0) is 25.0 Å². The molecule has 3 rings (SSSR count). The SMILES string of the molecule is CC(C)C(=O)c1cnn2c(C3CC3)c(O)ccc12. The fraction of sp³-hybridized carbons (Fsp3) is 0.429. The number of carbonyl (C=O) groups is 1. The Hall–Kier alpha value is -1.84. The Labute approximate surface area is 105 Å². The zero-order valence-corrected chi connectivity index (χ0v) is 10.6. The number of rotatable bonds is 3. The number of aromatic hydroxyl groups is 1. The summed E-state index contributed by atoms with van der Waals surface area (Å²) < 4.78 is 1.72. The molecule has 0 saturated heterocycles. The normalized spacial score (nSPS) is 15.5. The second-order valence-corrected chi connectivity index (χ2v) is 5.25. The lowest BCUT2D eigenvalue weighted by atomic mass is 10.0. The van der Waals surface area contributed by atoms with Crippen molar-refractivity contribution < 1.29 is 9.90 Å². The molecule has 4 heteroatoms. The van der Waals surface area contributed by atoms with E-state index in [1.807, 2.05) is 13.8 Å². The Morgan fingerprint density at radius 3 is 2.78 bits per heavy atom. The van der Waals surface area contributed by atoms with Crippen molar-refractivity contribution in [3.05, 3.63) is 29.6 Å². The molecule has 18 heavy (non-hydrogen) atoms. The van der Waals surface area contributed by atoms with Crippen molar-refractivity contribution in [1.29, 1.82) is 0 Å². The van der Waals surface area contributed by atoms with Gasteiger partial charge in [-0.3, -0.25) is 4.79 Å². The first-order chi connectivity index (χ1) is 8.59. The highest BCUT2D eigenvalue weighted by Crippen LogP contribution is 2.44. The van der Waals surface area contributed by atoms with Gasteiger partial charge in [-0.25, -0.2) is 4.52 Å². The van der Waals surface area contributed by atoms with Gasteiger partial charge in [0.25, 0.3) is 0 Å². The van der Waals surface area contributed by atoms with Gasteiger partial charge in [-0.2, -0.15) is 5.10 Å². The number of fused-ring (bicyclic) bond motifs is 1. The summed E-state index contributed by atoms with van der Waals surface area (Å²) in [6.45, 7) is 3.77. The molecule has 1 N–H and O–H groups in total. The van der Waals surface area contributed by atoms with E-state index in [4.69, 9.17) is 0 Å². The van der Waals surface area contributed by atoms with E-state index >= 15 is 0 Å². The maximum Gasteiger partial charge on any atom is 0.169 e. The van der Waals surface area contributed by atoms with Gasteiger partial charge < -0.3 is 5.11 Å². The van der Waals surface area contributed by atoms with Gasteiger partial charge in [-0.1, -0.05) is 13.8 Å². The maximum atomic E-state index is 12.1. The van der Waals surface area contributed by atoms with Crippen LogP contribution in [0, 0.1) is 5.92 Å². The van der Waals surface area contributed by atoms with Crippen LogP contribution < -0.4 is 0 Å². The quantitative estimate of drug-likeness (QED) is 0.845. The van der Waals surface area contributed by atoms with Crippen molar-refractivity contribution in [3.63, 3.8) is 0 Å². The fourth-order valence-corrected chi connectivity index (χ4v) is 2.30. The average Bonchev–Trinajstić information content (AvgIpc) is 3.07. The van der Waals surface area contributed by atoms with Gasteiger partial charge in [0.2, 0.25) is 0 Å². The van der Waals surface area contributed by atoms with Crippen LogP contribution in [-0.2, 0) is 0 Å². The Balaban J connectivity index is 2.20. The van der Waals surface area contributed by atoms with Crippen LogP contribution in [0.2, 0.25) is 0 Å². The standard InChI is InChI=1S/C14H16N2O2/c1-8(2)14(18)10-7-15-16-11(10)5-6-12(17)13(16)9-3-4-9/h5-9,17H,3-4H2,1-2H3. The summed E-state index contributed by atoms with van der Waals surface area (Å²) in [5, 5.41) is 14.2. The molecule has 0 spiro atoms. The zero-order chi connectivity index (χ0) is 12.9. The summed E-state index contributed by atoms with van der Waals surface area (Å²) in [5.74, 6) is 0.709. The number of ketones is 1. The number of hydrogen-bond donors (Lipinski definition) is 1. The second kappa shape index (κ2) is 3.83. The molecular weight excluding hydrogens is 228 g/mol. The predicted octanol–water partition coefficient (Wildman–Crippen LogP) is 2.76. The number of aromatic nitrogens is 2. The van der Waals surface area contributed by atoms with Crippen molar-refractivity contribution in [2.45, 2.75) is 32.6 Å². The summed E-state index contributed by atoms with van der Waals surface area (Å²) in [6.07, 6.45) is 3.78. The zero-order valence-electron chi connectivity index (χ0n) is 10.6. The van der Waals surface area contributed by atoms with Crippen molar-refractivity contribution in [2.24, 2.45) is 5.92 Å². The van der Waals surface area contributed by atoms with Crippen LogP contribution in [0.15, 0.2) is 18.3 Å². The summed E-state index contributed by atoms with van der Waals surface area (Å²) in [6, 6.07) is 3.44. The highest BCUT2D eigenvalue weighted by atomic mass is 16.3. The molecule has 0 amide bonds. The molecule has 0 aromatic carbocycles. The summed E-state index contributed by atoms with van der Waals surface area (Å²) in [5.41, 5.74) is 2.29. The molecule has 0 unspecified atom stereocenters. The molecule has 1 aliphatic carbocycles. The van der Waals surface area contributed by atoms with E-state index in [2.05, 4.69) is 5.10 Å². The fourth-order valence-electron chi connectivity index (χ4n) is 2.30. The van der Waals surface area contributed by atoms with E-state index < -0.39 is 0 Å². The van der Waals surface area contributed by atoms with Gasteiger partial charge in [-0.15, -0.1) is 0 Å². The topological polar surface area (TPSA) is 54.6 Å². The minimum Gasteiger partial charge on any atom is -0.506 e. The van der Waals surface area contributed by atoms with E-state index in [9.17, 15) is 9.90 Å². The Morgan fingerprint density at radius 1 is 1.44 bits per heavy atom. The molecule has 0 bridgehead atoms. The number of Topliss-reactive ketones (excluding diaryl/α,β-unsaturated/α-hetero) is 1. The Kier molecular flexibility index (Phi) is 2.40. The van der Waals surface area contributed by atoms with Crippen LogP contribution in [-0.4, -0.2) is 20.5 Å². The van der Waals surface area contributed by atoms with E-state index in [0.29, 0.717) is 11.5 Å². The lowest BCUT2D eigenvalue weighted by Gasteiger charge is -2.07. The minimum atomic E-state index is -0.0452. The molecular formula is C14H16N2O2. The Morgan fingerprint density at radius 2 is 2.17 bits per heavy atom. The molecule has 1 aliphatic rings. The largest absolute Gasteiger partial charge is 0.506 e. The van der Waals surface area contributed by atoms with Gasteiger partial charge in [0, 0.05) is 11.8 Å². The molecule has 2 aromatic heterocycles. The maximum absolute atomic E-state index is 12.1. The van der Waals surface area contributed by atoms with Gasteiger partial charge in [0.15, 0.2) is 5.78 Å². The molecule has 2 heterocycles. The third kappa shape index (κ3) is 1.60. The van der Waals surface area contributed by atoms with Crippen molar-refractivity contribution >= 4 is 11.3 Å². The molecule has 2 aromatic rings. The monoisotopic (exact) mass is 244 g/mol. The molecule has 0 radical (unpaired) electrons. The third-order valence-corrected chi connectivity index (χ3v) is 3.45. The molecule has 1 saturated carbocycles. The average molecular weight is 244 g/mol. The van der Waals surface area contributed by atoms with Crippen molar-refractivity contribution in [3.8, 4) is 5.75 Å². The van der Waals surface area contributed by atoms with Crippen LogP contribution in [0.25, 0.3) is 5.52 Å². The number of carbonyl (C=O) groups excluding carboxylic acids is 1. The van der Waals surface area contributed by atoms with Crippen molar-refractivity contribution in [2.75, 3.05) is 0 Å². The lowest BCUT2D eigenvalue weighted by molar-refractivity contribution is 0.0941. The van der Waals surface area contributed by atoms with Crippen LogP contribution in [0.4, 0.5) is 0 Å². The molecule has 0 aliphatic heterocycles. The van der Waals surface area contributed by atoms with E-state index in [-0.39, 0.29) is 17.5 Å². The van der Waals surface area contributed by atoms with Crippen LogP contribution in [0.1, 0.15) is 48.7 Å². The second-order valence-electron chi connectivity index (χ2n) is 5.25. The van der Waals surface area contributed by atoms with E-state index in [0.717, 1.165) is 24.1 Å². The summed E-state index contributed by atoms with van der Waals surface area (Å²) in [4.78, 5) is 12.1. The molecule has 1 fully saturated rings. The van der Waals surface area contributed by atoms with Crippen LogP contribution in [0.3, 0.4) is 0 Å². The van der Waals surface area contributed by atoms with Crippen molar-refractivity contribution in [1.82, 2.24) is 9.61 Å². The molecule has 4 nitrogen and oxygen atoms in total. The van der Waals surface area contributed by atoms with Gasteiger partial charge in [0.1, 0.15) is 5.75 Å². The lowest BCUT2D eigenvalue weighted by Crippen LogP contribution is -2.07. The van der Waals surface area contributed by atoms with Crippen LogP contribution in [0.5, 0.6) is 5.75 Å². The molecule has 0 atom stereocenters. The van der Waals surface area contributed by atoms with E-state index in [1.54, 1.807) is 22.8 Å². The minimum absolute atomic E-state index is 0.0452.